The second-order valence-electron chi connectivity index (χ2n) is 4.11. The third-order valence-corrected chi connectivity index (χ3v) is 10.7. The second-order valence-corrected chi connectivity index (χ2v) is 11.7. The van der Waals surface area contributed by atoms with Crippen LogP contribution in [-0.4, -0.2) is 0 Å². The van der Waals surface area contributed by atoms with E-state index in [1.165, 1.54) is 19.0 Å². The van der Waals surface area contributed by atoms with E-state index in [2.05, 4.69) is 61.7 Å². The molecular formula is C14H14HgS2. The molecule has 2 aromatic carbocycles. The third kappa shape index (κ3) is 4.04. The van der Waals surface area contributed by atoms with Gasteiger partial charge in [0.2, 0.25) is 0 Å². The molecule has 0 saturated carbocycles. The van der Waals surface area contributed by atoms with Crippen LogP contribution in [0.15, 0.2) is 58.3 Å². The van der Waals surface area contributed by atoms with E-state index in [4.69, 9.17) is 0 Å². The molecule has 84 valence electrons. The molecule has 0 spiro atoms. The Labute approximate surface area is 126 Å². The van der Waals surface area contributed by atoms with Crippen LogP contribution in [-0.2, 0) is 32.4 Å². The summed E-state index contributed by atoms with van der Waals surface area (Å²) >= 11 is 8.12. The van der Waals surface area contributed by atoms with Crippen LogP contribution in [0, 0.1) is 0 Å². The maximum atomic E-state index is 4.50. The number of hydrogen-bond donors (Lipinski definition) is 2. The van der Waals surface area contributed by atoms with Gasteiger partial charge in [-0.25, -0.2) is 0 Å². The molecule has 0 heterocycles. The van der Waals surface area contributed by atoms with E-state index >= 15 is 0 Å². The first-order valence-corrected chi connectivity index (χ1v) is 14.5. The van der Waals surface area contributed by atoms with Crippen molar-refractivity contribution in [3.05, 3.63) is 59.7 Å². The molecule has 0 atom stereocenters. The first-order chi connectivity index (χ1) is 8.27. The summed E-state index contributed by atoms with van der Waals surface area (Å²) in [6, 6.07) is 16.9. The van der Waals surface area contributed by atoms with E-state index in [1.54, 1.807) is 0 Å². The Bertz CT molecular complexity index is 452. The van der Waals surface area contributed by atoms with Gasteiger partial charge in [-0.2, -0.15) is 0 Å². The summed E-state index contributed by atoms with van der Waals surface area (Å²) in [4.78, 5) is 2.29. The summed E-state index contributed by atoms with van der Waals surface area (Å²) in [6.45, 7) is 0. The van der Waals surface area contributed by atoms with Gasteiger partial charge in [0, 0.05) is 0 Å². The van der Waals surface area contributed by atoms with Crippen LogP contribution in [0.1, 0.15) is 11.1 Å². The molecule has 3 heteroatoms. The molecule has 0 aliphatic heterocycles. The van der Waals surface area contributed by atoms with Crippen LogP contribution in [0.5, 0.6) is 0 Å². The van der Waals surface area contributed by atoms with Crippen molar-refractivity contribution in [2.24, 2.45) is 0 Å². The monoisotopic (exact) mass is 448 g/mol. The zero-order valence-electron chi connectivity index (χ0n) is 9.63. The SMILES string of the molecule is Sc1ccccc1[CH2][Hg][CH2]c1ccccc1S. The molecular weight excluding hydrogens is 433 g/mol. The summed E-state index contributed by atoms with van der Waals surface area (Å²) in [5.41, 5.74) is 2.85. The van der Waals surface area contributed by atoms with E-state index in [0.29, 0.717) is 0 Å². The average molecular weight is 447 g/mol. The second kappa shape index (κ2) is 6.86. The first-order valence-electron chi connectivity index (χ1n) is 5.81. The van der Waals surface area contributed by atoms with E-state index < -0.39 is 24.6 Å². The summed E-state index contributed by atoms with van der Waals surface area (Å²) in [6.07, 6.45) is 0. The number of hydrogen-bond acceptors (Lipinski definition) is 2. The molecule has 0 nitrogen and oxygen atoms in total. The van der Waals surface area contributed by atoms with Gasteiger partial charge in [0.25, 0.3) is 0 Å². The molecule has 2 aromatic rings. The van der Waals surface area contributed by atoms with E-state index in [-0.39, 0.29) is 0 Å². The fourth-order valence-electron chi connectivity index (χ4n) is 1.91. The van der Waals surface area contributed by atoms with Gasteiger partial charge in [0.05, 0.1) is 0 Å². The minimum atomic E-state index is -0.882. The Morgan fingerprint density at radius 3 is 1.53 bits per heavy atom. The Kier molecular flexibility index (Phi) is 5.45. The molecule has 0 bridgehead atoms. The normalized spacial score (nSPS) is 10.0. The van der Waals surface area contributed by atoms with E-state index in [0.717, 1.165) is 9.79 Å². The maximum absolute atomic E-state index is 4.50. The van der Waals surface area contributed by atoms with Crippen LogP contribution >= 0.6 is 25.3 Å². The number of benzene rings is 2. The summed E-state index contributed by atoms with van der Waals surface area (Å²) < 4.78 is 2.59. The van der Waals surface area contributed by atoms with Crippen molar-refractivity contribution < 1.29 is 24.6 Å². The van der Waals surface area contributed by atoms with Crippen LogP contribution in [0.3, 0.4) is 0 Å². The van der Waals surface area contributed by atoms with Crippen molar-refractivity contribution in [2.45, 2.75) is 17.7 Å². The van der Waals surface area contributed by atoms with Gasteiger partial charge in [0.15, 0.2) is 0 Å². The molecule has 0 aliphatic rings. The van der Waals surface area contributed by atoms with Crippen molar-refractivity contribution in [1.82, 2.24) is 0 Å². The summed E-state index contributed by atoms with van der Waals surface area (Å²) in [5.74, 6) is 0. The summed E-state index contributed by atoms with van der Waals surface area (Å²) in [7, 11) is 0. The molecule has 0 radical (unpaired) electrons. The van der Waals surface area contributed by atoms with Crippen molar-refractivity contribution in [3.63, 3.8) is 0 Å². The molecule has 2 rings (SSSR count). The quantitative estimate of drug-likeness (QED) is 0.514. The third-order valence-electron chi connectivity index (χ3n) is 2.88. The van der Waals surface area contributed by atoms with Crippen molar-refractivity contribution in [2.75, 3.05) is 0 Å². The predicted octanol–water partition coefficient (Wildman–Crippen LogP) is 4.05. The topological polar surface area (TPSA) is 0 Å². The zero-order chi connectivity index (χ0) is 12.1. The predicted molar refractivity (Wildman–Crippen MR) is 74.8 cm³/mol. The molecule has 0 saturated heterocycles. The number of thiol groups is 2. The van der Waals surface area contributed by atoms with Gasteiger partial charge in [-0.3, -0.25) is 0 Å². The van der Waals surface area contributed by atoms with Crippen LogP contribution in [0.2, 0.25) is 0 Å². The van der Waals surface area contributed by atoms with Gasteiger partial charge in [-0.05, 0) is 0 Å². The Hall–Kier alpha value is 0.0751. The average Bonchev–Trinajstić information content (AvgIpc) is 2.34. The van der Waals surface area contributed by atoms with E-state index in [1.807, 2.05) is 12.1 Å². The summed E-state index contributed by atoms with van der Waals surface area (Å²) in [5, 5.41) is 0. The molecule has 0 N–H and O–H groups in total. The molecule has 0 aliphatic carbocycles. The molecule has 0 fully saturated rings. The van der Waals surface area contributed by atoms with Gasteiger partial charge in [-0.15, -0.1) is 0 Å². The zero-order valence-corrected chi connectivity index (χ0v) is 16.9. The van der Waals surface area contributed by atoms with Crippen LogP contribution in [0.25, 0.3) is 0 Å². The first kappa shape index (κ1) is 13.5. The molecule has 0 unspecified atom stereocenters. The van der Waals surface area contributed by atoms with Crippen LogP contribution in [0.4, 0.5) is 0 Å². The van der Waals surface area contributed by atoms with Crippen molar-refractivity contribution >= 4 is 25.3 Å². The Morgan fingerprint density at radius 1 is 0.706 bits per heavy atom. The van der Waals surface area contributed by atoms with Crippen molar-refractivity contribution in [3.8, 4) is 0 Å². The minimum absolute atomic E-state index is 0.882. The number of rotatable bonds is 4. The van der Waals surface area contributed by atoms with Gasteiger partial charge in [0.1, 0.15) is 0 Å². The fraction of sp³-hybridized carbons (Fsp3) is 0.143. The molecule has 0 aromatic heterocycles. The van der Waals surface area contributed by atoms with Crippen LogP contribution < -0.4 is 0 Å². The van der Waals surface area contributed by atoms with E-state index in [9.17, 15) is 0 Å². The fourth-order valence-corrected chi connectivity index (χ4v) is 11.1. The molecule has 17 heavy (non-hydrogen) atoms. The standard InChI is InChI=1S/2C7H7S.Hg/c2*1-6-4-2-3-5-7(6)8;/h2*2-5,8H,1H2;. The van der Waals surface area contributed by atoms with Gasteiger partial charge >= 0.3 is 127 Å². The Morgan fingerprint density at radius 2 is 1.12 bits per heavy atom. The van der Waals surface area contributed by atoms with Crippen molar-refractivity contribution in [1.29, 1.82) is 0 Å². The molecule has 0 amide bonds. The van der Waals surface area contributed by atoms with Gasteiger partial charge in [-0.1, -0.05) is 0 Å². The van der Waals surface area contributed by atoms with Gasteiger partial charge < -0.3 is 0 Å². The Balaban J connectivity index is 1.93.